The van der Waals surface area contributed by atoms with Crippen molar-refractivity contribution in [2.45, 2.75) is 47.0 Å². The van der Waals surface area contributed by atoms with Gasteiger partial charge in [-0.3, -0.25) is 9.59 Å². The molecule has 1 saturated heterocycles. The van der Waals surface area contributed by atoms with E-state index in [-0.39, 0.29) is 11.3 Å². The molecular formula is C21H31NO3. The molecule has 0 aromatic heterocycles. The molecule has 2 aliphatic rings. The minimum Gasteiger partial charge on any atom is -0.466 e. The fourth-order valence-electron chi connectivity index (χ4n) is 2.58. The summed E-state index contributed by atoms with van der Waals surface area (Å²) in [5.74, 6) is 0.166. The van der Waals surface area contributed by atoms with Crippen LogP contribution >= 0.6 is 0 Å². The highest BCUT2D eigenvalue weighted by molar-refractivity contribution is 5.78. The summed E-state index contributed by atoms with van der Waals surface area (Å²) in [6.07, 6.45) is 11.5. The van der Waals surface area contributed by atoms with Crippen molar-refractivity contribution in [3.63, 3.8) is 0 Å². The normalized spacial score (nSPS) is 17.1. The van der Waals surface area contributed by atoms with E-state index in [1.165, 1.54) is 11.1 Å². The van der Waals surface area contributed by atoms with Crippen LogP contribution in [0.3, 0.4) is 0 Å². The summed E-state index contributed by atoms with van der Waals surface area (Å²) in [6, 6.07) is 0. The van der Waals surface area contributed by atoms with Crippen molar-refractivity contribution in [2.24, 2.45) is 5.41 Å². The number of likely N-dealkylation sites (tertiary alicyclic amines) is 1. The molecule has 0 N–H and O–H groups in total. The Bertz CT molecular complexity index is 576. The molecule has 138 valence electrons. The highest BCUT2D eigenvalue weighted by atomic mass is 16.5. The quantitative estimate of drug-likeness (QED) is 0.554. The number of carbonyl (C=O) groups excluding carboxylic acids is 2. The summed E-state index contributed by atoms with van der Waals surface area (Å²) in [5, 5.41) is 0. The van der Waals surface area contributed by atoms with Gasteiger partial charge in [0.25, 0.3) is 6.47 Å². The van der Waals surface area contributed by atoms with Crippen molar-refractivity contribution in [1.82, 2.24) is 4.90 Å². The molecule has 25 heavy (non-hydrogen) atoms. The third-order valence-electron chi connectivity index (χ3n) is 4.16. The van der Waals surface area contributed by atoms with Crippen molar-refractivity contribution in [1.29, 1.82) is 0 Å². The van der Waals surface area contributed by atoms with Crippen LogP contribution in [0.25, 0.3) is 0 Å². The number of rotatable bonds is 5. The third kappa shape index (κ3) is 7.55. The predicted molar refractivity (Wildman–Crippen MR) is 102 cm³/mol. The van der Waals surface area contributed by atoms with Gasteiger partial charge in [0.1, 0.15) is 6.61 Å². The lowest BCUT2D eigenvalue weighted by Crippen LogP contribution is -2.28. The van der Waals surface area contributed by atoms with Crippen LogP contribution in [0.1, 0.15) is 47.0 Å². The van der Waals surface area contributed by atoms with Gasteiger partial charge in [-0.2, -0.15) is 0 Å². The van der Waals surface area contributed by atoms with Crippen LogP contribution < -0.4 is 0 Å². The first-order valence-corrected chi connectivity index (χ1v) is 8.83. The Labute approximate surface area is 151 Å². The van der Waals surface area contributed by atoms with Crippen molar-refractivity contribution >= 4 is 12.4 Å². The highest BCUT2D eigenvalue weighted by Gasteiger charge is 2.19. The topological polar surface area (TPSA) is 46.6 Å². The number of allylic oxidation sites excluding steroid dienone is 7. The lowest BCUT2D eigenvalue weighted by molar-refractivity contribution is -0.133. The van der Waals surface area contributed by atoms with Gasteiger partial charge in [-0.25, -0.2) is 0 Å². The summed E-state index contributed by atoms with van der Waals surface area (Å²) in [4.78, 5) is 22.4. The van der Waals surface area contributed by atoms with E-state index in [4.69, 9.17) is 0 Å². The lowest BCUT2D eigenvalue weighted by atomic mass is 9.85. The van der Waals surface area contributed by atoms with Gasteiger partial charge in [0.05, 0.1) is 6.54 Å². The molecule has 0 radical (unpaired) electrons. The van der Waals surface area contributed by atoms with Gasteiger partial charge in [0.2, 0.25) is 5.91 Å². The number of ether oxygens (including phenoxy) is 1. The Kier molecular flexibility index (Phi) is 8.39. The van der Waals surface area contributed by atoms with Crippen LogP contribution in [-0.2, 0) is 14.3 Å². The second kappa shape index (κ2) is 10.0. The molecule has 0 saturated carbocycles. The number of hydrogen-bond donors (Lipinski definition) is 0. The maximum absolute atomic E-state index is 11.0. The molecule has 0 unspecified atom stereocenters. The number of carbonyl (C=O) groups is 2. The van der Waals surface area contributed by atoms with Crippen LogP contribution in [-0.4, -0.2) is 37.0 Å². The van der Waals surface area contributed by atoms with Crippen LogP contribution in [0.5, 0.6) is 0 Å². The van der Waals surface area contributed by atoms with Gasteiger partial charge in [-0.15, -0.1) is 0 Å². The van der Waals surface area contributed by atoms with Crippen LogP contribution in [0.4, 0.5) is 0 Å². The van der Waals surface area contributed by atoms with Crippen LogP contribution in [0.2, 0.25) is 0 Å². The molecule has 4 nitrogen and oxygen atoms in total. The van der Waals surface area contributed by atoms with E-state index >= 15 is 0 Å². The second-order valence-corrected chi connectivity index (χ2v) is 7.38. The molecule has 0 aromatic rings. The molecule has 1 heterocycles. The lowest BCUT2D eigenvalue weighted by Gasteiger charge is -2.20. The molecule has 0 spiro atoms. The Morgan fingerprint density at radius 1 is 1.40 bits per heavy atom. The average Bonchev–Trinajstić information content (AvgIpc) is 2.79. The summed E-state index contributed by atoms with van der Waals surface area (Å²) in [6.45, 7) is 14.8. The predicted octanol–water partition coefficient (Wildman–Crippen LogP) is 4.20. The summed E-state index contributed by atoms with van der Waals surface area (Å²) in [7, 11) is 0. The first-order chi connectivity index (χ1) is 11.8. The Morgan fingerprint density at radius 2 is 2.12 bits per heavy atom. The molecule has 2 rings (SSSR count). The van der Waals surface area contributed by atoms with Gasteiger partial charge in [-0.05, 0) is 36.3 Å². The van der Waals surface area contributed by atoms with Crippen molar-refractivity contribution in [3.05, 3.63) is 47.6 Å². The minimum atomic E-state index is 0.166. The highest BCUT2D eigenvalue weighted by Crippen LogP contribution is 2.30. The molecule has 1 fully saturated rings. The van der Waals surface area contributed by atoms with Gasteiger partial charge >= 0.3 is 0 Å². The Hall–Kier alpha value is -2.10. The van der Waals surface area contributed by atoms with Crippen molar-refractivity contribution in [3.8, 4) is 0 Å². The first kappa shape index (κ1) is 20.9. The summed E-state index contributed by atoms with van der Waals surface area (Å²) >= 11 is 0. The SMILES string of the molecule is C=C(C)C1=CCC=CC(C(C)(C)C)=C1.O=COCCN1CCCC1=O. The molecule has 0 aromatic carbocycles. The molecular weight excluding hydrogens is 314 g/mol. The molecule has 1 aliphatic heterocycles. The largest absolute Gasteiger partial charge is 0.466 e. The van der Waals surface area contributed by atoms with Gasteiger partial charge in [0.15, 0.2) is 0 Å². The average molecular weight is 345 g/mol. The zero-order chi connectivity index (χ0) is 18.9. The molecule has 4 heteroatoms. The van der Waals surface area contributed by atoms with E-state index in [1.54, 1.807) is 4.90 Å². The van der Waals surface area contributed by atoms with E-state index in [0.717, 1.165) is 25.0 Å². The van der Waals surface area contributed by atoms with Gasteiger partial charge in [-0.1, -0.05) is 57.2 Å². The molecule has 1 aliphatic carbocycles. The maximum Gasteiger partial charge on any atom is 0.293 e. The third-order valence-corrected chi connectivity index (χ3v) is 4.16. The van der Waals surface area contributed by atoms with E-state index in [2.05, 4.69) is 63.3 Å². The van der Waals surface area contributed by atoms with Crippen molar-refractivity contribution < 1.29 is 14.3 Å². The monoisotopic (exact) mass is 345 g/mol. The smallest absolute Gasteiger partial charge is 0.293 e. The minimum absolute atomic E-state index is 0.166. The number of nitrogens with zero attached hydrogens (tertiary/aromatic N) is 1. The van der Waals surface area contributed by atoms with E-state index in [9.17, 15) is 9.59 Å². The maximum atomic E-state index is 11.0. The van der Waals surface area contributed by atoms with Crippen molar-refractivity contribution in [2.75, 3.05) is 19.7 Å². The van der Waals surface area contributed by atoms with Gasteiger partial charge in [0, 0.05) is 13.0 Å². The summed E-state index contributed by atoms with van der Waals surface area (Å²) in [5.41, 5.74) is 4.02. The van der Waals surface area contributed by atoms with Crippen LogP contribution in [0, 0.1) is 5.41 Å². The Morgan fingerprint density at radius 3 is 2.64 bits per heavy atom. The molecule has 0 atom stereocenters. The first-order valence-electron chi connectivity index (χ1n) is 8.83. The fourth-order valence-corrected chi connectivity index (χ4v) is 2.58. The second-order valence-electron chi connectivity index (χ2n) is 7.38. The van der Waals surface area contributed by atoms with Crippen LogP contribution in [0.15, 0.2) is 47.6 Å². The Balaban J connectivity index is 0.000000257. The number of hydrogen-bond acceptors (Lipinski definition) is 3. The van der Waals surface area contributed by atoms with E-state index in [1.807, 2.05) is 0 Å². The fraction of sp³-hybridized carbons (Fsp3) is 0.524. The molecule has 1 amide bonds. The van der Waals surface area contributed by atoms with Gasteiger partial charge < -0.3 is 9.64 Å². The summed E-state index contributed by atoms with van der Waals surface area (Å²) < 4.78 is 4.47. The zero-order valence-corrected chi connectivity index (χ0v) is 16.0. The standard InChI is InChI=1S/C14H20.C7H11NO3/c1-11(2)12-8-6-7-9-13(10-12)14(3,4)5;9-6-11-5-4-8-3-1-2-7(8)10/h7-10H,1,6H2,2-5H3;6H,1-5H2. The van der Waals surface area contributed by atoms with E-state index < -0.39 is 0 Å². The molecule has 0 bridgehead atoms. The zero-order valence-electron chi connectivity index (χ0n) is 16.0. The number of amides is 1. The van der Waals surface area contributed by atoms with E-state index in [0.29, 0.717) is 26.0 Å².